The molecule has 35 heavy (non-hydrogen) atoms. The minimum absolute atomic E-state index is 0.358. The van der Waals surface area contributed by atoms with Crippen LogP contribution in [0.1, 0.15) is 34.1 Å². The average molecular weight is 548 g/mol. The minimum Gasteiger partial charge on any atom is -0.460 e. The topological polar surface area (TPSA) is 82.1 Å². The Balaban J connectivity index is 6.59. The molecule has 0 aliphatic heterocycles. The molecule has 3 atom stereocenters. The van der Waals surface area contributed by atoms with E-state index in [9.17, 15) is 62.3 Å². The first-order valence-corrected chi connectivity index (χ1v) is 9.22. The monoisotopic (exact) mass is 548 g/mol. The van der Waals surface area contributed by atoms with Gasteiger partial charge in [0, 0.05) is 13.3 Å². The second-order valence-corrected chi connectivity index (χ2v) is 8.05. The highest BCUT2D eigenvalue weighted by Gasteiger charge is 2.64. The number of ether oxygens (including phenoxy) is 2. The largest absolute Gasteiger partial charge is 0.460 e. The van der Waals surface area contributed by atoms with Crippen LogP contribution in [0.2, 0.25) is 0 Å². The van der Waals surface area contributed by atoms with Crippen LogP contribution >= 0.6 is 0 Å². The van der Waals surface area contributed by atoms with Crippen LogP contribution in [0.3, 0.4) is 0 Å². The Morgan fingerprint density at radius 3 is 1.49 bits per heavy atom. The molecule has 0 fully saturated rings. The summed E-state index contributed by atoms with van der Waals surface area (Å²) in [4.78, 5) is 26.8. The van der Waals surface area contributed by atoms with E-state index in [1.165, 1.54) is 0 Å². The van der Waals surface area contributed by atoms with E-state index in [1.807, 2.05) is 0 Å². The van der Waals surface area contributed by atoms with Crippen molar-refractivity contribution in [3.63, 3.8) is 0 Å². The lowest BCUT2D eigenvalue weighted by molar-refractivity contribution is -0.377. The summed E-state index contributed by atoms with van der Waals surface area (Å²) in [7, 11) is 0. The molecule has 0 aromatic carbocycles. The van der Waals surface area contributed by atoms with E-state index in [1.54, 1.807) is 0 Å². The molecule has 0 heterocycles. The fourth-order valence-electron chi connectivity index (χ4n) is 3.21. The summed E-state index contributed by atoms with van der Waals surface area (Å²) in [6.07, 6.45) is -34.4. The Morgan fingerprint density at radius 2 is 1.20 bits per heavy atom. The Labute approximate surface area is 189 Å². The maximum atomic E-state index is 13.1. The molecule has 0 rings (SSSR count). The molecule has 0 saturated carbocycles. The van der Waals surface area contributed by atoms with Gasteiger partial charge >= 0.3 is 36.6 Å². The van der Waals surface area contributed by atoms with E-state index >= 15 is 0 Å². The van der Waals surface area contributed by atoms with E-state index in [-0.39, 0.29) is 0 Å². The molecule has 0 aromatic heterocycles. The molecule has 0 aromatic rings. The summed E-state index contributed by atoms with van der Waals surface area (Å²) >= 11 is 0. The molecule has 6 nitrogen and oxygen atoms in total. The highest BCUT2D eigenvalue weighted by atomic mass is 19.4. The SMILES string of the molecule is CC(=O)OC(C)(C)CC(C(=O)OC(C(F)(F)F)C(F)(F)F)C(C)C(OO)C(C(F)(F)F)C(F)(F)F. The summed E-state index contributed by atoms with van der Waals surface area (Å²) in [5.41, 5.74) is -2.03. The van der Waals surface area contributed by atoms with Gasteiger partial charge in [-0.1, -0.05) is 6.92 Å². The van der Waals surface area contributed by atoms with E-state index in [4.69, 9.17) is 5.26 Å². The first kappa shape index (κ1) is 33.0. The van der Waals surface area contributed by atoms with Crippen LogP contribution in [0.5, 0.6) is 0 Å². The van der Waals surface area contributed by atoms with Gasteiger partial charge in [-0.25, -0.2) is 4.89 Å². The van der Waals surface area contributed by atoms with Crippen LogP contribution < -0.4 is 0 Å². The first-order valence-electron chi connectivity index (χ1n) is 9.22. The van der Waals surface area contributed by atoms with Gasteiger partial charge in [0.2, 0.25) is 0 Å². The van der Waals surface area contributed by atoms with Gasteiger partial charge in [-0.2, -0.15) is 52.7 Å². The van der Waals surface area contributed by atoms with E-state index < -0.39 is 78.6 Å². The fourth-order valence-corrected chi connectivity index (χ4v) is 3.21. The summed E-state index contributed by atoms with van der Waals surface area (Å²) in [5.74, 6) is -13.4. The average Bonchev–Trinajstić information content (AvgIpc) is 2.55. The third-order valence-electron chi connectivity index (χ3n) is 4.57. The van der Waals surface area contributed by atoms with Crippen molar-refractivity contribution in [3.8, 4) is 0 Å². The van der Waals surface area contributed by atoms with Crippen molar-refractivity contribution < 1.29 is 81.9 Å². The zero-order valence-electron chi connectivity index (χ0n) is 18.1. The molecule has 0 spiro atoms. The second kappa shape index (κ2) is 11.0. The van der Waals surface area contributed by atoms with Gasteiger partial charge in [-0.05, 0) is 19.8 Å². The zero-order chi connectivity index (χ0) is 28.4. The summed E-state index contributed by atoms with van der Waals surface area (Å²) in [6.45, 7) is 2.94. The normalized spacial score (nSPS) is 16.8. The number of esters is 2. The van der Waals surface area contributed by atoms with Crippen LogP contribution in [0.4, 0.5) is 52.7 Å². The van der Waals surface area contributed by atoms with Crippen molar-refractivity contribution in [1.82, 2.24) is 0 Å². The van der Waals surface area contributed by atoms with Crippen LogP contribution in [-0.4, -0.2) is 59.7 Å². The molecule has 3 unspecified atom stereocenters. The standard InChI is InChI=1S/C17H20F12O6/c1-6(9(35-32)10(14(18,19)20)15(21,22)23)8(5-13(3,4)34-7(2)30)11(31)33-12(16(24,25)26)17(27,28)29/h6,8-10,12,32H,5H2,1-4H3. The molecule has 1 N–H and O–H groups in total. The van der Waals surface area contributed by atoms with Crippen molar-refractivity contribution in [2.45, 2.75) is 76.6 Å². The molecule has 0 radical (unpaired) electrons. The molecular weight excluding hydrogens is 528 g/mol. The minimum atomic E-state index is -6.26. The summed E-state index contributed by atoms with van der Waals surface area (Å²) < 4.78 is 164. The molecule has 0 amide bonds. The molecule has 208 valence electrons. The number of halogens is 12. The smallest absolute Gasteiger partial charge is 0.434 e. The van der Waals surface area contributed by atoms with Crippen LogP contribution in [0.25, 0.3) is 0 Å². The highest BCUT2D eigenvalue weighted by molar-refractivity contribution is 5.73. The lowest BCUT2D eigenvalue weighted by Crippen LogP contribution is -2.52. The highest BCUT2D eigenvalue weighted by Crippen LogP contribution is 2.46. The van der Waals surface area contributed by atoms with E-state index in [2.05, 4.69) is 14.4 Å². The number of rotatable bonds is 9. The van der Waals surface area contributed by atoms with Crippen molar-refractivity contribution in [2.75, 3.05) is 0 Å². The Bertz CT molecular complexity index is 697. The number of alkyl halides is 12. The number of carbonyl (C=O) groups is 2. The first-order chi connectivity index (χ1) is 15.3. The molecule has 0 bridgehead atoms. The molecule has 0 aliphatic rings. The van der Waals surface area contributed by atoms with Crippen LogP contribution in [-0.2, 0) is 24.0 Å². The third-order valence-corrected chi connectivity index (χ3v) is 4.57. The van der Waals surface area contributed by atoms with Crippen LogP contribution in [0.15, 0.2) is 0 Å². The number of carbonyl (C=O) groups excluding carboxylic acids is 2. The van der Waals surface area contributed by atoms with Crippen molar-refractivity contribution >= 4 is 11.9 Å². The van der Waals surface area contributed by atoms with Gasteiger partial charge in [-0.3, -0.25) is 14.8 Å². The van der Waals surface area contributed by atoms with Gasteiger partial charge in [-0.15, -0.1) is 0 Å². The van der Waals surface area contributed by atoms with Crippen molar-refractivity contribution in [3.05, 3.63) is 0 Å². The van der Waals surface area contributed by atoms with Gasteiger partial charge in [0.15, 0.2) is 5.92 Å². The molecule has 0 saturated heterocycles. The van der Waals surface area contributed by atoms with Crippen molar-refractivity contribution in [2.24, 2.45) is 17.8 Å². The molecule has 0 aliphatic carbocycles. The van der Waals surface area contributed by atoms with Crippen LogP contribution in [0, 0.1) is 17.8 Å². The predicted octanol–water partition coefficient (Wildman–Crippen LogP) is 5.61. The summed E-state index contributed by atoms with van der Waals surface area (Å²) in [5, 5.41) is 8.81. The Hall–Kier alpha value is -1.98. The number of hydrogen-bond acceptors (Lipinski definition) is 6. The summed E-state index contributed by atoms with van der Waals surface area (Å²) in [6, 6.07) is 0. The predicted molar refractivity (Wildman–Crippen MR) is 88.2 cm³/mol. The third kappa shape index (κ3) is 9.89. The maximum Gasteiger partial charge on any atom is 0.434 e. The van der Waals surface area contributed by atoms with Gasteiger partial charge < -0.3 is 9.47 Å². The van der Waals surface area contributed by atoms with Gasteiger partial charge in [0.25, 0.3) is 6.10 Å². The number of hydrogen-bond donors (Lipinski definition) is 1. The van der Waals surface area contributed by atoms with Gasteiger partial charge in [0.05, 0.1) is 5.92 Å². The maximum absolute atomic E-state index is 13.1. The molecular formula is C17H20F12O6. The molecule has 18 heteroatoms. The second-order valence-electron chi connectivity index (χ2n) is 8.05. The quantitative estimate of drug-likeness (QED) is 0.175. The lowest BCUT2D eigenvalue weighted by atomic mass is 9.77. The van der Waals surface area contributed by atoms with E-state index in [0.717, 1.165) is 20.8 Å². The lowest BCUT2D eigenvalue weighted by Gasteiger charge is -2.37. The van der Waals surface area contributed by atoms with Crippen molar-refractivity contribution in [1.29, 1.82) is 0 Å². The van der Waals surface area contributed by atoms with E-state index in [0.29, 0.717) is 6.92 Å². The van der Waals surface area contributed by atoms with Gasteiger partial charge in [0.1, 0.15) is 11.7 Å². The fraction of sp³-hybridized carbons (Fsp3) is 0.882. The Morgan fingerprint density at radius 1 is 0.800 bits per heavy atom. The zero-order valence-corrected chi connectivity index (χ0v) is 18.1. The Kier molecular flexibility index (Phi) is 10.3.